The first-order valence-corrected chi connectivity index (χ1v) is 4.50. The van der Waals surface area contributed by atoms with Crippen LogP contribution in [0, 0.1) is 6.92 Å². The third kappa shape index (κ3) is 3.14. The SMILES string of the molecule is Cc1c(O)cccc1OC(=O)NCCO. The summed E-state index contributed by atoms with van der Waals surface area (Å²) in [5.74, 6) is 0.368. The van der Waals surface area contributed by atoms with Crippen LogP contribution in [0.3, 0.4) is 0 Å². The van der Waals surface area contributed by atoms with Gasteiger partial charge in [0.25, 0.3) is 0 Å². The van der Waals surface area contributed by atoms with Crippen LogP contribution in [0.15, 0.2) is 18.2 Å². The third-order valence-electron chi connectivity index (χ3n) is 1.84. The van der Waals surface area contributed by atoms with Gasteiger partial charge >= 0.3 is 6.09 Å². The van der Waals surface area contributed by atoms with Crippen LogP contribution in [-0.4, -0.2) is 29.5 Å². The highest BCUT2D eigenvalue weighted by Crippen LogP contribution is 2.25. The van der Waals surface area contributed by atoms with Crippen LogP contribution in [0.5, 0.6) is 11.5 Å². The lowest BCUT2D eigenvalue weighted by atomic mass is 10.2. The van der Waals surface area contributed by atoms with E-state index < -0.39 is 6.09 Å². The van der Waals surface area contributed by atoms with Crippen LogP contribution < -0.4 is 10.1 Å². The molecular weight excluding hydrogens is 198 g/mol. The minimum absolute atomic E-state index is 0.0717. The molecule has 0 spiro atoms. The smallest absolute Gasteiger partial charge is 0.412 e. The first kappa shape index (κ1) is 11.3. The second-order valence-corrected chi connectivity index (χ2v) is 2.94. The topological polar surface area (TPSA) is 78.8 Å². The van der Waals surface area contributed by atoms with E-state index in [1.165, 1.54) is 6.07 Å². The highest BCUT2D eigenvalue weighted by Gasteiger charge is 2.08. The second-order valence-electron chi connectivity index (χ2n) is 2.94. The summed E-state index contributed by atoms with van der Waals surface area (Å²) in [4.78, 5) is 11.1. The fourth-order valence-electron chi connectivity index (χ4n) is 1.01. The van der Waals surface area contributed by atoms with Crippen molar-refractivity contribution in [2.24, 2.45) is 0 Å². The molecule has 1 aromatic carbocycles. The second kappa shape index (κ2) is 5.21. The Balaban J connectivity index is 2.64. The maximum absolute atomic E-state index is 11.1. The van der Waals surface area contributed by atoms with Gasteiger partial charge in [0.2, 0.25) is 0 Å². The molecule has 0 aromatic heterocycles. The summed E-state index contributed by atoms with van der Waals surface area (Å²) in [5, 5.41) is 20.1. The lowest BCUT2D eigenvalue weighted by Crippen LogP contribution is -2.29. The van der Waals surface area contributed by atoms with Gasteiger partial charge in [-0.25, -0.2) is 4.79 Å². The summed E-state index contributed by atoms with van der Waals surface area (Å²) in [7, 11) is 0. The molecule has 0 aliphatic rings. The number of rotatable bonds is 3. The predicted octanol–water partition coefficient (Wildman–Crippen LogP) is 0.781. The van der Waals surface area contributed by atoms with Gasteiger partial charge in [-0.3, -0.25) is 0 Å². The van der Waals surface area contributed by atoms with E-state index in [0.29, 0.717) is 11.3 Å². The fraction of sp³-hybridized carbons (Fsp3) is 0.300. The molecule has 0 aliphatic carbocycles. The van der Waals surface area contributed by atoms with Crippen molar-refractivity contribution in [2.75, 3.05) is 13.2 Å². The van der Waals surface area contributed by atoms with Crippen LogP contribution in [0.4, 0.5) is 4.79 Å². The fourth-order valence-corrected chi connectivity index (χ4v) is 1.01. The number of hydrogen-bond donors (Lipinski definition) is 3. The van der Waals surface area contributed by atoms with Gasteiger partial charge in [0.05, 0.1) is 6.61 Å². The van der Waals surface area contributed by atoms with Gasteiger partial charge in [-0.15, -0.1) is 0 Å². The highest BCUT2D eigenvalue weighted by molar-refractivity contribution is 5.71. The van der Waals surface area contributed by atoms with Crippen LogP contribution in [0.1, 0.15) is 5.56 Å². The molecule has 0 aliphatic heterocycles. The summed E-state index contributed by atoms with van der Waals surface area (Å²) in [6, 6.07) is 4.67. The number of carbonyl (C=O) groups excluding carboxylic acids is 1. The zero-order valence-electron chi connectivity index (χ0n) is 8.36. The molecule has 0 saturated heterocycles. The summed E-state index contributed by atoms with van der Waals surface area (Å²) in [6.45, 7) is 1.63. The maximum atomic E-state index is 11.1. The van der Waals surface area contributed by atoms with Crippen molar-refractivity contribution in [2.45, 2.75) is 6.92 Å². The number of aliphatic hydroxyl groups excluding tert-OH is 1. The van der Waals surface area contributed by atoms with Crippen molar-refractivity contribution in [1.29, 1.82) is 0 Å². The van der Waals surface area contributed by atoms with Crippen molar-refractivity contribution in [1.82, 2.24) is 5.32 Å². The number of ether oxygens (including phenoxy) is 1. The molecule has 0 saturated carbocycles. The molecule has 0 bridgehead atoms. The van der Waals surface area contributed by atoms with Crippen molar-refractivity contribution in [3.05, 3.63) is 23.8 Å². The van der Waals surface area contributed by atoms with Gasteiger partial charge in [0.15, 0.2) is 0 Å². The zero-order chi connectivity index (χ0) is 11.3. The Morgan fingerprint density at radius 1 is 1.53 bits per heavy atom. The van der Waals surface area contributed by atoms with E-state index in [4.69, 9.17) is 9.84 Å². The van der Waals surface area contributed by atoms with Gasteiger partial charge in [-0.1, -0.05) is 6.07 Å². The van der Waals surface area contributed by atoms with Gasteiger partial charge in [-0.2, -0.15) is 0 Å². The van der Waals surface area contributed by atoms with Gasteiger partial charge in [0.1, 0.15) is 11.5 Å². The zero-order valence-corrected chi connectivity index (χ0v) is 8.36. The van der Waals surface area contributed by atoms with Crippen LogP contribution >= 0.6 is 0 Å². The van der Waals surface area contributed by atoms with Gasteiger partial charge < -0.3 is 20.3 Å². The summed E-state index contributed by atoms with van der Waals surface area (Å²) < 4.78 is 4.91. The molecular formula is C10H13NO4. The Hall–Kier alpha value is -1.75. The van der Waals surface area contributed by atoms with Crippen LogP contribution in [0.2, 0.25) is 0 Å². The van der Waals surface area contributed by atoms with E-state index >= 15 is 0 Å². The van der Waals surface area contributed by atoms with Crippen LogP contribution in [0.25, 0.3) is 0 Å². The Labute approximate surface area is 87.3 Å². The lowest BCUT2D eigenvalue weighted by Gasteiger charge is -2.08. The number of nitrogens with one attached hydrogen (secondary N) is 1. The molecule has 0 unspecified atom stereocenters. The molecule has 1 aromatic rings. The largest absolute Gasteiger partial charge is 0.508 e. The minimum atomic E-state index is -0.655. The number of phenols is 1. The van der Waals surface area contributed by atoms with E-state index in [-0.39, 0.29) is 18.9 Å². The van der Waals surface area contributed by atoms with E-state index in [0.717, 1.165) is 0 Å². The van der Waals surface area contributed by atoms with Crippen molar-refractivity contribution in [3.63, 3.8) is 0 Å². The van der Waals surface area contributed by atoms with Crippen molar-refractivity contribution in [3.8, 4) is 11.5 Å². The average Bonchev–Trinajstić information content (AvgIpc) is 2.22. The Kier molecular flexibility index (Phi) is 3.93. The maximum Gasteiger partial charge on any atom is 0.412 e. The standard InChI is InChI=1S/C10H13NO4/c1-7-8(13)3-2-4-9(7)15-10(14)11-5-6-12/h2-4,12-13H,5-6H2,1H3,(H,11,14). The molecule has 0 heterocycles. The number of phenolic OH excluding ortho intramolecular Hbond substituents is 1. The summed E-state index contributed by atoms with van der Waals surface area (Å²) in [6.07, 6.45) is -0.655. The monoisotopic (exact) mass is 211 g/mol. The van der Waals surface area contributed by atoms with E-state index in [2.05, 4.69) is 5.32 Å². The molecule has 5 nitrogen and oxygen atoms in total. The molecule has 5 heteroatoms. The Bertz CT molecular complexity index is 351. The van der Waals surface area contributed by atoms with E-state index in [9.17, 15) is 9.90 Å². The first-order chi connectivity index (χ1) is 7.15. The van der Waals surface area contributed by atoms with Crippen molar-refractivity contribution >= 4 is 6.09 Å². The first-order valence-electron chi connectivity index (χ1n) is 4.50. The van der Waals surface area contributed by atoms with E-state index in [1.807, 2.05) is 0 Å². The van der Waals surface area contributed by atoms with Gasteiger partial charge in [0, 0.05) is 12.1 Å². The van der Waals surface area contributed by atoms with Crippen LogP contribution in [-0.2, 0) is 0 Å². The molecule has 3 N–H and O–H groups in total. The highest BCUT2D eigenvalue weighted by atomic mass is 16.6. The summed E-state index contributed by atoms with van der Waals surface area (Å²) >= 11 is 0. The number of carbonyl (C=O) groups is 1. The number of hydrogen-bond acceptors (Lipinski definition) is 4. The molecule has 0 fully saturated rings. The Morgan fingerprint density at radius 3 is 2.93 bits per heavy atom. The molecule has 0 atom stereocenters. The van der Waals surface area contributed by atoms with E-state index in [1.54, 1.807) is 19.1 Å². The third-order valence-corrected chi connectivity index (χ3v) is 1.84. The molecule has 1 rings (SSSR count). The molecule has 82 valence electrons. The minimum Gasteiger partial charge on any atom is -0.508 e. The predicted molar refractivity (Wildman–Crippen MR) is 54.0 cm³/mol. The molecule has 0 radical (unpaired) electrons. The number of benzene rings is 1. The number of aromatic hydroxyl groups is 1. The normalized spacial score (nSPS) is 9.73. The van der Waals surface area contributed by atoms with Gasteiger partial charge in [-0.05, 0) is 19.1 Å². The number of amides is 1. The van der Waals surface area contributed by atoms with Crippen molar-refractivity contribution < 1.29 is 19.7 Å². The summed E-state index contributed by atoms with van der Waals surface area (Å²) in [5.41, 5.74) is 0.497. The Morgan fingerprint density at radius 2 is 2.27 bits per heavy atom. The molecule has 1 amide bonds. The molecule has 15 heavy (non-hydrogen) atoms. The average molecular weight is 211 g/mol. The number of aliphatic hydroxyl groups is 1. The lowest BCUT2D eigenvalue weighted by molar-refractivity contribution is 0.195. The quantitative estimate of drug-likeness (QED) is 0.690.